The van der Waals surface area contributed by atoms with Crippen LogP contribution in [-0.4, -0.2) is 35.6 Å². The number of rotatable bonds is 3. The van der Waals surface area contributed by atoms with E-state index in [2.05, 4.69) is 0 Å². The number of carbonyl (C=O) groups is 1. The van der Waals surface area contributed by atoms with E-state index < -0.39 is 0 Å². The number of hydrogen-bond donors (Lipinski definition) is 1. The minimum Gasteiger partial charge on any atom is -0.393 e. The smallest absolute Gasteiger partial charge is 0.256 e. The van der Waals surface area contributed by atoms with Gasteiger partial charge in [-0.1, -0.05) is 29.3 Å². The summed E-state index contributed by atoms with van der Waals surface area (Å²) < 4.78 is 0. The summed E-state index contributed by atoms with van der Waals surface area (Å²) in [6.45, 7) is 0.622. The molecule has 1 saturated carbocycles. The van der Waals surface area contributed by atoms with E-state index in [4.69, 9.17) is 23.2 Å². The maximum absolute atomic E-state index is 12.2. The maximum Gasteiger partial charge on any atom is 0.256 e. The van der Waals surface area contributed by atoms with Gasteiger partial charge in [-0.25, -0.2) is 0 Å². The fourth-order valence-electron chi connectivity index (χ4n) is 2.21. The van der Waals surface area contributed by atoms with Gasteiger partial charge in [-0.3, -0.25) is 4.79 Å². The van der Waals surface area contributed by atoms with Gasteiger partial charge >= 0.3 is 0 Å². The monoisotopic (exact) mass is 287 g/mol. The summed E-state index contributed by atoms with van der Waals surface area (Å²) in [7, 11) is 1.73. The Morgan fingerprint density at radius 3 is 2.44 bits per heavy atom. The average molecular weight is 288 g/mol. The molecule has 0 heterocycles. The molecule has 2 rings (SSSR count). The van der Waals surface area contributed by atoms with Gasteiger partial charge in [0.1, 0.15) is 0 Å². The molecule has 1 N–H and O–H groups in total. The molecule has 1 aliphatic rings. The lowest BCUT2D eigenvalue weighted by atomic mass is 9.82. The van der Waals surface area contributed by atoms with Crippen LogP contribution in [0.2, 0.25) is 10.0 Å². The minimum absolute atomic E-state index is 0.174. The minimum atomic E-state index is -0.206. The Morgan fingerprint density at radius 1 is 1.39 bits per heavy atom. The lowest BCUT2D eigenvalue weighted by Crippen LogP contribution is -2.39. The first-order chi connectivity index (χ1) is 8.49. The Labute approximate surface area is 116 Å². The summed E-state index contributed by atoms with van der Waals surface area (Å²) in [6.07, 6.45) is 1.31. The van der Waals surface area contributed by atoms with E-state index in [1.807, 2.05) is 0 Å². The summed E-state index contributed by atoms with van der Waals surface area (Å²) in [5, 5.41) is 9.97. The van der Waals surface area contributed by atoms with Crippen LogP contribution in [0.1, 0.15) is 23.2 Å². The lowest BCUT2D eigenvalue weighted by Gasteiger charge is -2.34. The van der Waals surface area contributed by atoms with E-state index in [1.165, 1.54) is 0 Å². The summed E-state index contributed by atoms with van der Waals surface area (Å²) in [5.41, 5.74) is 0.350. The van der Waals surface area contributed by atoms with Crippen LogP contribution in [0, 0.1) is 5.92 Å². The predicted octanol–water partition coefficient (Wildman–Crippen LogP) is 2.84. The first-order valence-corrected chi connectivity index (χ1v) is 6.62. The van der Waals surface area contributed by atoms with E-state index in [1.54, 1.807) is 30.1 Å². The molecular weight excluding hydrogens is 273 g/mol. The van der Waals surface area contributed by atoms with Gasteiger partial charge in [-0.15, -0.1) is 0 Å². The number of amides is 1. The molecule has 0 unspecified atom stereocenters. The molecule has 1 aromatic rings. The number of aliphatic hydroxyl groups excluding tert-OH is 1. The molecule has 1 aliphatic carbocycles. The molecule has 3 nitrogen and oxygen atoms in total. The van der Waals surface area contributed by atoms with Crippen LogP contribution >= 0.6 is 23.2 Å². The molecule has 0 spiro atoms. The van der Waals surface area contributed by atoms with E-state index in [0.29, 0.717) is 28.1 Å². The maximum atomic E-state index is 12.2. The molecule has 0 bridgehead atoms. The van der Waals surface area contributed by atoms with Crippen LogP contribution in [0.3, 0.4) is 0 Å². The SMILES string of the molecule is CN(CC1CC(O)C1)C(=O)c1c(Cl)cccc1Cl. The van der Waals surface area contributed by atoms with Crippen molar-refractivity contribution in [3.63, 3.8) is 0 Å². The second kappa shape index (κ2) is 5.47. The van der Waals surface area contributed by atoms with Gasteiger partial charge in [0, 0.05) is 13.6 Å². The number of nitrogens with zero attached hydrogens (tertiary/aromatic N) is 1. The third-order valence-electron chi connectivity index (χ3n) is 3.27. The van der Waals surface area contributed by atoms with Crippen LogP contribution in [0.4, 0.5) is 0 Å². The van der Waals surface area contributed by atoms with Gasteiger partial charge in [-0.05, 0) is 30.9 Å². The number of benzene rings is 1. The number of carbonyl (C=O) groups excluding carboxylic acids is 1. The van der Waals surface area contributed by atoms with Gasteiger partial charge in [0.25, 0.3) is 5.91 Å². The fraction of sp³-hybridized carbons (Fsp3) is 0.462. The van der Waals surface area contributed by atoms with Crippen molar-refractivity contribution in [2.45, 2.75) is 18.9 Å². The van der Waals surface area contributed by atoms with Crippen molar-refractivity contribution >= 4 is 29.1 Å². The third-order valence-corrected chi connectivity index (χ3v) is 3.90. The van der Waals surface area contributed by atoms with Crippen LogP contribution in [0.25, 0.3) is 0 Å². The zero-order valence-corrected chi connectivity index (χ0v) is 11.6. The van der Waals surface area contributed by atoms with Crippen LogP contribution in [0.5, 0.6) is 0 Å². The normalized spacial score (nSPS) is 22.4. The molecule has 1 aromatic carbocycles. The van der Waals surface area contributed by atoms with Gasteiger partial charge in [-0.2, -0.15) is 0 Å². The van der Waals surface area contributed by atoms with Gasteiger partial charge in [0.15, 0.2) is 0 Å². The third kappa shape index (κ3) is 2.79. The van der Waals surface area contributed by atoms with Crippen molar-refractivity contribution in [1.82, 2.24) is 4.90 Å². The highest BCUT2D eigenvalue weighted by atomic mass is 35.5. The lowest BCUT2D eigenvalue weighted by molar-refractivity contribution is 0.0265. The van der Waals surface area contributed by atoms with Crippen molar-refractivity contribution in [3.8, 4) is 0 Å². The first-order valence-electron chi connectivity index (χ1n) is 5.86. The molecule has 0 saturated heterocycles. The number of hydrogen-bond acceptors (Lipinski definition) is 2. The molecule has 0 atom stereocenters. The second-order valence-electron chi connectivity index (χ2n) is 4.77. The molecule has 1 amide bonds. The van der Waals surface area contributed by atoms with Gasteiger partial charge in [0.2, 0.25) is 0 Å². The quantitative estimate of drug-likeness (QED) is 0.929. The number of halogens is 2. The van der Waals surface area contributed by atoms with E-state index >= 15 is 0 Å². The Morgan fingerprint density at radius 2 is 1.94 bits per heavy atom. The topological polar surface area (TPSA) is 40.5 Å². The summed E-state index contributed by atoms with van der Waals surface area (Å²) >= 11 is 12.0. The second-order valence-corrected chi connectivity index (χ2v) is 5.59. The van der Waals surface area contributed by atoms with Gasteiger partial charge in [0.05, 0.1) is 21.7 Å². The van der Waals surface area contributed by atoms with Gasteiger partial charge < -0.3 is 10.0 Å². The Balaban J connectivity index is 2.06. The standard InChI is InChI=1S/C13H15Cl2NO2/c1-16(7-8-5-9(17)6-8)13(18)12-10(14)3-2-4-11(12)15/h2-4,8-9,17H,5-7H2,1H3. The van der Waals surface area contributed by atoms with Crippen LogP contribution in [0.15, 0.2) is 18.2 Å². The van der Waals surface area contributed by atoms with E-state index in [0.717, 1.165) is 12.8 Å². The molecule has 5 heteroatoms. The highest BCUT2D eigenvalue weighted by Gasteiger charge is 2.30. The predicted molar refractivity (Wildman–Crippen MR) is 72.2 cm³/mol. The Kier molecular flexibility index (Phi) is 4.15. The molecule has 0 aromatic heterocycles. The largest absolute Gasteiger partial charge is 0.393 e. The zero-order valence-electron chi connectivity index (χ0n) is 10.1. The van der Waals surface area contributed by atoms with Crippen molar-refractivity contribution in [2.75, 3.05) is 13.6 Å². The Bertz CT molecular complexity index is 438. The molecule has 1 fully saturated rings. The number of aliphatic hydroxyl groups is 1. The molecule has 18 heavy (non-hydrogen) atoms. The van der Waals surface area contributed by atoms with Crippen LogP contribution in [-0.2, 0) is 0 Å². The van der Waals surface area contributed by atoms with Crippen molar-refractivity contribution < 1.29 is 9.90 Å². The fourth-order valence-corrected chi connectivity index (χ4v) is 2.77. The van der Waals surface area contributed by atoms with Crippen molar-refractivity contribution in [2.24, 2.45) is 5.92 Å². The van der Waals surface area contributed by atoms with E-state index in [-0.39, 0.29) is 12.0 Å². The highest BCUT2D eigenvalue weighted by Crippen LogP contribution is 2.29. The van der Waals surface area contributed by atoms with Crippen molar-refractivity contribution in [1.29, 1.82) is 0 Å². The first kappa shape index (κ1) is 13.7. The average Bonchev–Trinajstić information content (AvgIpc) is 2.26. The molecule has 0 radical (unpaired) electrons. The Hall–Kier alpha value is -0.770. The van der Waals surface area contributed by atoms with Crippen LogP contribution < -0.4 is 0 Å². The summed E-state index contributed by atoms with van der Waals surface area (Å²) in [5.74, 6) is 0.196. The molecule has 0 aliphatic heterocycles. The highest BCUT2D eigenvalue weighted by molar-refractivity contribution is 6.39. The molecular formula is C13H15Cl2NO2. The zero-order chi connectivity index (χ0) is 13.3. The molecule has 98 valence electrons. The summed E-state index contributed by atoms with van der Waals surface area (Å²) in [6, 6.07) is 5.02. The van der Waals surface area contributed by atoms with Crippen molar-refractivity contribution in [3.05, 3.63) is 33.8 Å². The summed E-state index contributed by atoms with van der Waals surface area (Å²) in [4.78, 5) is 13.9. The van der Waals surface area contributed by atoms with E-state index in [9.17, 15) is 9.90 Å².